The highest BCUT2D eigenvalue weighted by Crippen LogP contribution is 2.31. The van der Waals surface area contributed by atoms with Gasteiger partial charge in [0.15, 0.2) is 0 Å². The molecule has 0 atom stereocenters. The lowest BCUT2D eigenvalue weighted by molar-refractivity contribution is -0.274. The SMILES string of the molecule is CNC1CCN(C(=O)c2ccc(-c3ccc(OC(F)(F)F)cc3)s2)CC1.Cl. The lowest BCUT2D eigenvalue weighted by Crippen LogP contribution is -2.43. The first kappa shape index (κ1) is 21.5. The molecule has 2 heterocycles. The molecule has 0 radical (unpaired) electrons. The Labute approximate surface area is 165 Å². The van der Waals surface area contributed by atoms with Gasteiger partial charge in [-0.1, -0.05) is 0 Å². The molecular formula is C18H20ClF3N2O2S. The van der Waals surface area contributed by atoms with E-state index >= 15 is 0 Å². The Kier molecular flexibility index (Phi) is 7.13. The Hall–Kier alpha value is -1.77. The summed E-state index contributed by atoms with van der Waals surface area (Å²) in [4.78, 5) is 15.9. The van der Waals surface area contributed by atoms with E-state index in [4.69, 9.17) is 0 Å². The first-order chi connectivity index (χ1) is 12.4. The molecule has 9 heteroatoms. The van der Waals surface area contributed by atoms with Gasteiger partial charge in [0.25, 0.3) is 5.91 Å². The number of benzene rings is 1. The van der Waals surface area contributed by atoms with Crippen LogP contribution in [-0.4, -0.2) is 43.3 Å². The van der Waals surface area contributed by atoms with Gasteiger partial charge < -0.3 is 15.0 Å². The minimum atomic E-state index is -4.70. The van der Waals surface area contributed by atoms with Crippen molar-refractivity contribution in [1.82, 2.24) is 10.2 Å². The average Bonchev–Trinajstić information content (AvgIpc) is 3.10. The van der Waals surface area contributed by atoms with Crippen molar-refractivity contribution in [2.24, 2.45) is 0 Å². The van der Waals surface area contributed by atoms with Crippen molar-refractivity contribution in [2.75, 3.05) is 20.1 Å². The van der Waals surface area contributed by atoms with Crippen LogP contribution >= 0.6 is 23.7 Å². The zero-order chi connectivity index (χ0) is 18.7. The van der Waals surface area contributed by atoms with Crippen LogP contribution in [0.4, 0.5) is 13.2 Å². The fourth-order valence-electron chi connectivity index (χ4n) is 2.96. The number of nitrogens with one attached hydrogen (secondary N) is 1. The largest absolute Gasteiger partial charge is 0.573 e. The highest BCUT2D eigenvalue weighted by atomic mass is 35.5. The van der Waals surface area contributed by atoms with Crippen LogP contribution in [0.1, 0.15) is 22.5 Å². The van der Waals surface area contributed by atoms with Gasteiger partial charge in [-0.25, -0.2) is 0 Å². The molecule has 1 aromatic heterocycles. The van der Waals surface area contributed by atoms with Gasteiger partial charge in [0.05, 0.1) is 4.88 Å². The summed E-state index contributed by atoms with van der Waals surface area (Å²) in [6, 6.07) is 9.69. The van der Waals surface area contributed by atoms with Gasteiger partial charge in [-0.05, 0) is 61.9 Å². The fraction of sp³-hybridized carbons (Fsp3) is 0.389. The number of likely N-dealkylation sites (tertiary alicyclic amines) is 1. The molecule has 0 unspecified atom stereocenters. The number of amides is 1. The zero-order valence-electron chi connectivity index (χ0n) is 14.6. The molecule has 0 saturated carbocycles. The number of carbonyl (C=O) groups excluding carboxylic acids is 1. The third-order valence-electron chi connectivity index (χ3n) is 4.38. The molecule has 148 valence electrons. The van der Waals surface area contributed by atoms with E-state index in [9.17, 15) is 18.0 Å². The molecule has 1 aromatic carbocycles. The minimum absolute atomic E-state index is 0. The Morgan fingerprint density at radius 1 is 1.15 bits per heavy atom. The standard InChI is InChI=1S/C18H19F3N2O2S.ClH/c1-22-13-8-10-23(11-9-13)17(24)16-7-6-15(26-16)12-2-4-14(5-3-12)25-18(19,20)21;/h2-7,13,22H,8-11H2,1H3;1H. The molecule has 2 aromatic rings. The van der Waals surface area contributed by atoms with Crippen LogP contribution in [0.15, 0.2) is 36.4 Å². The summed E-state index contributed by atoms with van der Waals surface area (Å²) >= 11 is 1.34. The van der Waals surface area contributed by atoms with Crippen molar-refractivity contribution in [3.8, 4) is 16.2 Å². The zero-order valence-corrected chi connectivity index (χ0v) is 16.2. The molecule has 1 aliphatic rings. The first-order valence-electron chi connectivity index (χ1n) is 8.28. The molecule has 1 fully saturated rings. The van der Waals surface area contributed by atoms with Gasteiger partial charge in [0, 0.05) is 24.0 Å². The molecule has 0 bridgehead atoms. The van der Waals surface area contributed by atoms with E-state index in [-0.39, 0.29) is 24.1 Å². The number of ether oxygens (including phenoxy) is 1. The predicted octanol–water partition coefficient (Wildman–Crippen LogP) is 4.56. The highest BCUT2D eigenvalue weighted by molar-refractivity contribution is 7.17. The summed E-state index contributed by atoms with van der Waals surface area (Å²) in [6.45, 7) is 1.45. The van der Waals surface area contributed by atoms with Gasteiger partial charge in [-0.3, -0.25) is 4.79 Å². The maximum absolute atomic E-state index is 12.6. The summed E-state index contributed by atoms with van der Waals surface area (Å²) in [5.41, 5.74) is 0.748. The maximum atomic E-state index is 12.6. The van der Waals surface area contributed by atoms with Gasteiger partial charge in [0.2, 0.25) is 0 Å². The van der Waals surface area contributed by atoms with Crippen molar-refractivity contribution in [2.45, 2.75) is 25.2 Å². The second-order valence-corrected chi connectivity index (χ2v) is 7.18. The van der Waals surface area contributed by atoms with Crippen LogP contribution in [0.3, 0.4) is 0 Å². The van der Waals surface area contributed by atoms with Crippen molar-refractivity contribution in [3.63, 3.8) is 0 Å². The number of nitrogens with zero attached hydrogens (tertiary/aromatic N) is 1. The monoisotopic (exact) mass is 420 g/mol. The molecule has 3 rings (SSSR count). The first-order valence-corrected chi connectivity index (χ1v) is 9.10. The number of hydrogen-bond donors (Lipinski definition) is 1. The number of thiophene rings is 1. The van der Waals surface area contributed by atoms with E-state index in [1.165, 1.54) is 23.5 Å². The summed E-state index contributed by atoms with van der Waals surface area (Å²) in [6.07, 6.45) is -2.84. The molecule has 4 nitrogen and oxygen atoms in total. The third-order valence-corrected chi connectivity index (χ3v) is 5.50. The number of hydrogen-bond acceptors (Lipinski definition) is 4. The van der Waals surface area contributed by atoms with Crippen molar-refractivity contribution in [1.29, 1.82) is 0 Å². The Bertz CT molecular complexity index is 757. The van der Waals surface area contributed by atoms with Crippen molar-refractivity contribution in [3.05, 3.63) is 41.3 Å². The van der Waals surface area contributed by atoms with Gasteiger partial charge in [-0.2, -0.15) is 0 Å². The average molecular weight is 421 g/mol. The van der Waals surface area contributed by atoms with Gasteiger partial charge in [-0.15, -0.1) is 36.9 Å². The smallest absolute Gasteiger partial charge is 0.406 e. The molecule has 1 saturated heterocycles. The Balaban J connectivity index is 0.00000261. The Morgan fingerprint density at radius 2 is 1.78 bits per heavy atom. The van der Waals surface area contributed by atoms with Crippen LogP contribution in [-0.2, 0) is 0 Å². The van der Waals surface area contributed by atoms with E-state index in [2.05, 4.69) is 10.1 Å². The van der Waals surface area contributed by atoms with Crippen LogP contribution < -0.4 is 10.1 Å². The van der Waals surface area contributed by atoms with Gasteiger partial charge >= 0.3 is 6.36 Å². The highest BCUT2D eigenvalue weighted by Gasteiger charge is 2.31. The lowest BCUT2D eigenvalue weighted by Gasteiger charge is -2.31. The van der Waals surface area contributed by atoms with Gasteiger partial charge in [0.1, 0.15) is 5.75 Å². The molecule has 1 amide bonds. The minimum Gasteiger partial charge on any atom is -0.406 e. The Morgan fingerprint density at radius 3 is 2.33 bits per heavy atom. The van der Waals surface area contributed by atoms with Crippen molar-refractivity contribution >= 4 is 29.7 Å². The molecule has 0 aliphatic carbocycles. The molecule has 1 aliphatic heterocycles. The summed E-state index contributed by atoms with van der Waals surface area (Å²) in [5, 5.41) is 3.23. The van der Waals surface area contributed by atoms with E-state index in [1.807, 2.05) is 18.0 Å². The maximum Gasteiger partial charge on any atom is 0.573 e. The molecular weight excluding hydrogens is 401 g/mol. The fourth-order valence-corrected chi connectivity index (χ4v) is 3.94. The normalized spacial score (nSPS) is 15.3. The van der Waals surface area contributed by atoms with Crippen LogP contribution in [0.2, 0.25) is 0 Å². The second kappa shape index (κ2) is 8.95. The van der Waals surface area contributed by atoms with E-state index in [0.29, 0.717) is 10.9 Å². The van der Waals surface area contributed by atoms with E-state index < -0.39 is 6.36 Å². The second-order valence-electron chi connectivity index (χ2n) is 6.09. The third kappa shape index (κ3) is 5.60. The number of halogens is 4. The number of rotatable bonds is 4. The molecule has 1 N–H and O–H groups in total. The lowest BCUT2D eigenvalue weighted by atomic mass is 10.1. The predicted molar refractivity (Wildman–Crippen MR) is 102 cm³/mol. The molecule has 27 heavy (non-hydrogen) atoms. The van der Waals surface area contributed by atoms with Crippen LogP contribution in [0.5, 0.6) is 5.75 Å². The van der Waals surface area contributed by atoms with E-state index in [1.54, 1.807) is 18.2 Å². The number of carbonyl (C=O) groups is 1. The molecule has 0 spiro atoms. The topological polar surface area (TPSA) is 41.6 Å². The summed E-state index contributed by atoms with van der Waals surface area (Å²) in [7, 11) is 1.93. The summed E-state index contributed by atoms with van der Waals surface area (Å²) in [5.74, 6) is -0.255. The van der Waals surface area contributed by atoms with Crippen molar-refractivity contribution < 1.29 is 22.7 Å². The van der Waals surface area contributed by atoms with E-state index in [0.717, 1.165) is 36.4 Å². The summed E-state index contributed by atoms with van der Waals surface area (Å²) < 4.78 is 40.5. The quantitative estimate of drug-likeness (QED) is 0.788. The van der Waals surface area contributed by atoms with Crippen LogP contribution in [0, 0.1) is 0 Å². The number of piperidine rings is 1. The number of alkyl halides is 3. The van der Waals surface area contributed by atoms with Crippen LogP contribution in [0.25, 0.3) is 10.4 Å².